The minimum Gasteiger partial charge on any atom is -0.454 e. The largest absolute Gasteiger partial charge is 0.454 e. The van der Waals surface area contributed by atoms with Gasteiger partial charge in [0.05, 0.1) is 21.9 Å². The average Bonchev–Trinajstić information content (AvgIpc) is 3.17. The van der Waals surface area contributed by atoms with Crippen LogP contribution in [-0.2, 0) is 16.1 Å². The molecule has 0 saturated heterocycles. The van der Waals surface area contributed by atoms with Crippen molar-refractivity contribution in [1.82, 2.24) is 0 Å². The van der Waals surface area contributed by atoms with Crippen LogP contribution in [0.15, 0.2) is 84.2 Å². The van der Waals surface area contributed by atoms with E-state index >= 15 is 0 Å². The molecule has 10 nitrogen and oxygen atoms in total. The number of rotatable bonds is 8. The van der Waals surface area contributed by atoms with Crippen LogP contribution in [0.25, 0.3) is 0 Å². The molecule has 0 unspecified atom stereocenters. The molecule has 3 aromatic rings. The molecule has 1 heterocycles. The second kappa shape index (κ2) is 10.6. The van der Waals surface area contributed by atoms with E-state index in [0.29, 0.717) is 12.4 Å². The topological polar surface area (TPSA) is 129 Å². The van der Waals surface area contributed by atoms with Gasteiger partial charge < -0.3 is 19.9 Å². The van der Waals surface area contributed by atoms with Crippen molar-refractivity contribution >= 4 is 34.5 Å². The number of nitriles is 1. The number of hydrogen-bond donors (Lipinski definition) is 1. The van der Waals surface area contributed by atoms with Crippen molar-refractivity contribution in [2.45, 2.75) is 6.54 Å². The summed E-state index contributed by atoms with van der Waals surface area (Å²) in [5.74, 6) is -1.23. The summed E-state index contributed by atoms with van der Waals surface area (Å²) in [6, 6.07) is 22.6. The standard InChI is InChI=1S/C27H23N5O5/c1-30-22-10-6-7-11-23(22)31(2)26(30)20(15-28)25(33)17-37-27(34)19-12-13-21(24(14-19)32(35)36)29-16-18-8-4-3-5-9-18/h3-14,29H,16-17H2,1-2H3. The highest BCUT2D eigenvalue weighted by Crippen LogP contribution is 2.40. The Morgan fingerprint density at radius 3 is 2.22 bits per heavy atom. The highest BCUT2D eigenvalue weighted by atomic mass is 16.6. The number of fused-ring (bicyclic) bond motifs is 1. The molecule has 0 aliphatic carbocycles. The number of nitrogens with zero attached hydrogens (tertiary/aromatic N) is 4. The fourth-order valence-corrected chi connectivity index (χ4v) is 4.10. The van der Waals surface area contributed by atoms with E-state index in [0.717, 1.165) is 23.0 Å². The van der Waals surface area contributed by atoms with Gasteiger partial charge in [-0.25, -0.2) is 4.79 Å². The maximum absolute atomic E-state index is 12.9. The van der Waals surface area contributed by atoms with Gasteiger partial charge in [0.25, 0.3) is 5.69 Å². The quantitative estimate of drug-likeness (QED) is 0.160. The number of carbonyl (C=O) groups is 2. The van der Waals surface area contributed by atoms with E-state index in [-0.39, 0.29) is 22.5 Å². The van der Waals surface area contributed by atoms with Gasteiger partial charge in [0.2, 0.25) is 5.78 Å². The number of carbonyl (C=O) groups excluding carboxylic acids is 2. The normalized spacial score (nSPS) is 12.0. The van der Waals surface area contributed by atoms with Crippen molar-refractivity contribution in [3.8, 4) is 6.07 Å². The van der Waals surface area contributed by atoms with Crippen LogP contribution in [0.2, 0.25) is 0 Å². The Morgan fingerprint density at radius 1 is 1.00 bits per heavy atom. The molecule has 0 bridgehead atoms. The van der Waals surface area contributed by atoms with Gasteiger partial charge in [0, 0.05) is 26.7 Å². The minimum atomic E-state index is -0.912. The first kappa shape index (κ1) is 24.9. The van der Waals surface area contributed by atoms with Gasteiger partial charge in [0.15, 0.2) is 6.61 Å². The Balaban J connectivity index is 1.47. The summed E-state index contributed by atoms with van der Waals surface area (Å²) >= 11 is 0. The summed E-state index contributed by atoms with van der Waals surface area (Å²) in [6.45, 7) is -0.330. The zero-order valence-electron chi connectivity index (χ0n) is 20.2. The molecule has 0 fully saturated rings. The van der Waals surface area contributed by atoms with Crippen molar-refractivity contribution in [2.24, 2.45) is 0 Å². The van der Waals surface area contributed by atoms with E-state index in [2.05, 4.69) is 5.32 Å². The van der Waals surface area contributed by atoms with Crippen LogP contribution >= 0.6 is 0 Å². The highest BCUT2D eigenvalue weighted by Gasteiger charge is 2.31. The van der Waals surface area contributed by atoms with Crippen LogP contribution in [0, 0.1) is 21.4 Å². The summed E-state index contributed by atoms with van der Waals surface area (Å²) in [6.07, 6.45) is 0. The summed E-state index contributed by atoms with van der Waals surface area (Å²) < 4.78 is 5.13. The summed E-state index contributed by atoms with van der Waals surface area (Å²) in [7, 11) is 3.47. The zero-order chi connectivity index (χ0) is 26.5. The van der Waals surface area contributed by atoms with E-state index < -0.39 is 23.3 Å². The summed E-state index contributed by atoms with van der Waals surface area (Å²) in [5, 5.41) is 24.3. The maximum Gasteiger partial charge on any atom is 0.338 e. The smallest absolute Gasteiger partial charge is 0.338 e. The van der Waals surface area contributed by atoms with E-state index in [1.165, 1.54) is 12.1 Å². The maximum atomic E-state index is 12.9. The Hall–Kier alpha value is -5.17. The van der Waals surface area contributed by atoms with Gasteiger partial charge in [-0.15, -0.1) is 0 Å². The molecule has 1 N–H and O–H groups in total. The number of ketones is 1. The number of nitro groups is 1. The first-order valence-corrected chi connectivity index (χ1v) is 11.3. The van der Waals surface area contributed by atoms with Crippen molar-refractivity contribution < 1.29 is 19.2 Å². The number of para-hydroxylation sites is 2. The van der Waals surface area contributed by atoms with Crippen molar-refractivity contribution in [3.05, 3.63) is 105 Å². The lowest BCUT2D eigenvalue weighted by Crippen LogP contribution is -2.27. The SMILES string of the molecule is CN1C(=C(C#N)C(=O)COC(=O)c2ccc(NCc3ccccc3)c([N+](=O)[O-])c2)N(C)c2ccccc21. The lowest BCUT2D eigenvalue weighted by atomic mass is 10.1. The van der Waals surface area contributed by atoms with Crippen molar-refractivity contribution in [1.29, 1.82) is 5.26 Å². The van der Waals surface area contributed by atoms with Crippen LogP contribution in [-0.4, -0.2) is 37.4 Å². The van der Waals surface area contributed by atoms with Crippen LogP contribution in [0.3, 0.4) is 0 Å². The van der Waals surface area contributed by atoms with E-state index in [9.17, 15) is 25.0 Å². The summed E-state index contributed by atoms with van der Waals surface area (Å²) in [5.41, 5.74) is 2.27. The third-order valence-electron chi connectivity index (χ3n) is 5.94. The van der Waals surface area contributed by atoms with Crippen molar-refractivity contribution in [3.63, 3.8) is 0 Å². The predicted molar refractivity (Wildman–Crippen MR) is 138 cm³/mol. The van der Waals surface area contributed by atoms with Gasteiger partial charge in [-0.2, -0.15) is 5.26 Å². The third kappa shape index (κ3) is 5.11. The highest BCUT2D eigenvalue weighted by molar-refractivity contribution is 6.04. The number of anilines is 3. The van der Waals surface area contributed by atoms with Crippen molar-refractivity contribution in [2.75, 3.05) is 35.8 Å². The number of ether oxygens (including phenoxy) is 1. The molecule has 1 aliphatic rings. The Labute approximate surface area is 213 Å². The first-order valence-electron chi connectivity index (χ1n) is 11.3. The third-order valence-corrected chi connectivity index (χ3v) is 5.94. The Morgan fingerprint density at radius 2 is 1.62 bits per heavy atom. The number of hydrogen-bond acceptors (Lipinski definition) is 9. The Bertz CT molecular complexity index is 1410. The van der Waals surface area contributed by atoms with Gasteiger partial charge in [-0.1, -0.05) is 42.5 Å². The van der Waals surface area contributed by atoms with Gasteiger partial charge in [-0.05, 0) is 29.8 Å². The number of nitro benzene ring substituents is 1. The molecule has 0 aromatic heterocycles. The minimum absolute atomic E-state index is 0.0848. The van der Waals surface area contributed by atoms with Gasteiger partial charge in [-0.3, -0.25) is 14.9 Å². The molecule has 0 atom stereocenters. The predicted octanol–water partition coefficient (Wildman–Crippen LogP) is 4.25. The molecule has 0 spiro atoms. The molecule has 186 valence electrons. The molecular formula is C27H23N5O5. The average molecular weight is 498 g/mol. The van der Waals surface area contributed by atoms with Crippen LogP contribution in [0.5, 0.6) is 0 Å². The van der Waals surface area contributed by atoms with Gasteiger partial charge >= 0.3 is 5.97 Å². The molecule has 3 aromatic carbocycles. The molecule has 0 saturated carbocycles. The molecule has 0 amide bonds. The number of nitrogens with one attached hydrogen (secondary N) is 1. The number of benzene rings is 3. The fourth-order valence-electron chi connectivity index (χ4n) is 4.10. The van der Waals surface area contributed by atoms with E-state index in [4.69, 9.17) is 4.74 Å². The second-order valence-electron chi connectivity index (χ2n) is 8.24. The summed E-state index contributed by atoms with van der Waals surface area (Å²) in [4.78, 5) is 39.9. The monoisotopic (exact) mass is 497 g/mol. The molecule has 10 heteroatoms. The number of Topliss-reactive ketones (excluding diaryl/α,β-unsaturated/α-hetero) is 1. The van der Waals surface area contributed by atoms with Crippen LogP contribution in [0.4, 0.5) is 22.7 Å². The molecule has 0 radical (unpaired) electrons. The van der Waals surface area contributed by atoms with E-state index in [1.54, 1.807) is 23.9 Å². The molecule has 1 aliphatic heterocycles. The molecular weight excluding hydrogens is 474 g/mol. The molecule has 37 heavy (non-hydrogen) atoms. The zero-order valence-corrected chi connectivity index (χ0v) is 20.2. The lowest BCUT2D eigenvalue weighted by molar-refractivity contribution is -0.384. The van der Waals surface area contributed by atoms with Gasteiger partial charge in [0.1, 0.15) is 23.2 Å². The van der Waals surface area contributed by atoms with Crippen LogP contribution < -0.4 is 15.1 Å². The van der Waals surface area contributed by atoms with E-state index in [1.807, 2.05) is 60.7 Å². The second-order valence-corrected chi connectivity index (χ2v) is 8.24. The fraction of sp³-hybridized carbons (Fsp3) is 0.148. The van der Waals surface area contributed by atoms with Crippen LogP contribution in [0.1, 0.15) is 15.9 Å². The Kier molecular flexibility index (Phi) is 7.16. The molecule has 4 rings (SSSR count). The lowest BCUT2D eigenvalue weighted by Gasteiger charge is -2.19. The first-order chi connectivity index (χ1) is 17.8. The number of esters is 1.